The maximum absolute atomic E-state index is 9.81. The smallest absolute Gasteiger partial charge is 0.129 e. The van der Waals surface area contributed by atoms with E-state index in [1.807, 2.05) is 6.92 Å². The van der Waals surface area contributed by atoms with Crippen molar-refractivity contribution in [1.29, 1.82) is 0 Å². The van der Waals surface area contributed by atoms with Crippen LogP contribution in [-0.2, 0) is 19.2 Å². The summed E-state index contributed by atoms with van der Waals surface area (Å²) in [5.74, 6) is 0.755. The Morgan fingerprint density at radius 1 is 0.611 bits per heavy atom. The van der Waals surface area contributed by atoms with Gasteiger partial charge in [0, 0.05) is 6.42 Å². The van der Waals surface area contributed by atoms with E-state index in [-0.39, 0.29) is 30.6 Å². The van der Waals surface area contributed by atoms with Crippen molar-refractivity contribution < 1.29 is 19.2 Å². The molecule has 0 spiro atoms. The van der Waals surface area contributed by atoms with E-state index < -0.39 is 0 Å². The lowest BCUT2D eigenvalue weighted by Gasteiger charge is -1.71. The number of carbonyl (C=O) groups excluding carboxylic acids is 4. The fourth-order valence-electron chi connectivity index (χ4n) is 0. The summed E-state index contributed by atoms with van der Waals surface area (Å²) in [5, 5.41) is 0. The molecule has 0 saturated carbocycles. The maximum Gasteiger partial charge on any atom is 0.129 e. The Bertz CT molecular complexity index is 189. The second-order valence-corrected chi connectivity index (χ2v) is 3.78. The number of hydrogen-bond acceptors (Lipinski definition) is 4. The third-order valence-electron chi connectivity index (χ3n) is 0.498. The van der Waals surface area contributed by atoms with Crippen molar-refractivity contribution in [2.45, 2.75) is 69.2 Å². The monoisotopic (exact) mass is 262 g/mol. The quantitative estimate of drug-likeness (QED) is 0.726. The van der Waals surface area contributed by atoms with E-state index in [9.17, 15) is 19.2 Å². The van der Waals surface area contributed by atoms with Crippen molar-refractivity contribution in [2.75, 3.05) is 0 Å². The van der Waals surface area contributed by atoms with Crippen molar-refractivity contribution in [3.05, 3.63) is 0 Å². The zero-order chi connectivity index (χ0) is 15.0. The molecule has 0 aromatic carbocycles. The van der Waals surface area contributed by atoms with Crippen molar-refractivity contribution in [3.63, 3.8) is 0 Å². The number of Topliss-reactive ketones (excluding diaryl/α,β-unsaturated/α-hetero) is 4. The third kappa shape index (κ3) is 5940. The highest BCUT2D eigenvalue weighted by Gasteiger charge is 1.76. The van der Waals surface area contributed by atoms with Gasteiger partial charge in [-0.15, -0.1) is 0 Å². The van der Waals surface area contributed by atoms with Crippen molar-refractivity contribution in [3.8, 4) is 0 Å². The summed E-state index contributed by atoms with van der Waals surface area (Å²) >= 11 is 0. The first-order valence-electron chi connectivity index (χ1n) is 5.38. The first-order valence-corrected chi connectivity index (χ1v) is 5.38. The number of rotatable bonds is 1. The van der Waals surface area contributed by atoms with Crippen LogP contribution >= 0.6 is 0 Å². The van der Waals surface area contributed by atoms with E-state index in [0.717, 1.165) is 0 Å². The molecule has 0 rings (SSSR count). The minimum Gasteiger partial charge on any atom is -0.300 e. The van der Waals surface area contributed by atoms with E-state index in [2.05, 4.69) is 0 Å². The molecular formula is C14H30O4. The zero-order valence-electron chi connectivity index (χ0n) is 12.3. The van der Waals surface area contributed by atoms with Gasteiger partial charge in [-0.2, -0.15) is 0 Å². The van der Waals surface area contributed by atoms with Gasteiger partial charge in [-0.25, -0.2) is 0 Å². The van der Waals surface area contributed by atoms with Gasteiger partial charge in [0.2, 0.25) is 0 Å². The van der Waals surface area contributed by atoms with Crippen LogP contribution in [0.2, 0.25) is 0 Å². The Balaban J connectivity index is -0.0000000412. The molecule has 0 fully saturated rings. The molecule has 18 heavy (non-hydrogen) atoms. The molecule has 0 aliphatic carbocycles. The summed E-state index contributed by atoms with van der Waals surface area (Å²) < 4.78 is 0. The summed E-state index contributed by atoms with van der Waals surface area (Å²) in [6.07, 6.45) is 0.667. The van der Waals surface area contributed by atoms with Crippen molar-refractivity contribution in [2.24, 2.45) is 0 Å². The Hall–Kier alpha value is -1.32. The van der Waals surface area contributed by atoms with Crippen LogP contribution in [0.25, 0.3) is 0 Å². The van der Waals surface area contributed by atoms with Crippen LogP contribution in [0.3, 0.4) is 0 Å². The van der Waals surface area contributed by atoms with Gasteiger partial charge in [0.1, 0.15) is 23.1 Å². The van der Waals surface area contributed by atoms with Gasteiger partial charge in [0.05, 0.1) is 0 Å². The minimum atomic E-state index is 0. The minimum absolute atomic E-state index is 0. The molecule has 0 aromatic heterocycles. The number of hydrogen-bond donors (Lipinski definition) is 0. The Labute approximate surface area is 112 Å². The predicted molar refractivity (Wildman–Crippen MR) is 76.8 cm³/mol. The average molecular weight is 262 g/mol. The Morgan fingerprint density at radius 2 is 0.667 bits per heavy atom. The van der Waals surface area contributed by atoms with Gasteiger partial charge in [0.15, 0.2) is 0 Å². The highest BCUT2D eigenvalue weighted by Crippen LogP contribution is 1.71. The van der Waals surface area contributed by atoms with Gasteiger partial charge >= 0.3 is 0 Å². The molecule has 0 aromatic rings. The van der Waals surface area contributed by atoms with Crippen LogP contribution in [0.5, 0.6) is 0 Å². The normalized spacial score (nSPS) is 6.44. The maximum atomic E-state index is 9.81. The summed E-state index contributed by atoms with van der Waals surface area (Å²) in [7, 11) is 0. The van der Waals surface area contributed by atoms with Crippen LogP contribution in [0.1, 0.15) is 69.2 Å². The summed E-state index contributed by atoms with van der Waals surface area (Å²) in [4.78, 5) is 38.1. The topological polar surface area (TPSA) is 68.3 Å². The van der Waals surface area contributed by atoms with Crippen LogP contribution in [-0.4, -0.2) is 23.1 Å². The van der Waals surface area contributed by atoms with Gasteiger partial charge < -0.3 is 19.2 Å². The van der Waals surface area contributed by atoms with Crippen LogP contribution in [0, 0.1) is 0 Å². The van der Waals surface area contributed by atoms with E-state index in [0.29, 0.717) is 6.42 Å². The molecule has 0 unspecified atom stereocenters. The lowest BCUT2D eigenvalue weighted by Crippen LogP contribution is -1.80. The predicted octanol–water partition coefficient (Wildman–Crippen LogP) is 3.41. The molecule has 0 amide bonds. The second-order valence-electron chi connectivity index (χ2n) is 3.78. The number of carbonyl (C=O) groups is 4. The first kappa shape index (κ1) is 30.1. The molecule has 4 heteroatoms. The molecule has 0 atom stereocenters. The van der Waals surface area contributed by atoms with Crippen LogP contribution < -0.4 is 0 Å². The fourth-order valence-corrected chi connectivity index (χ4v) is 0. The van der Waals surface area contributed by atoms with Crippen molar-refractivity contribution >= 4 is 23.1 Å². The summed E-state index contributed by atoms with van der Waals surface area (Å²) in [5.41, 5.74) is 0. The third-order valence-corrected chi connectivity index (χ3v) is 0.498. The Morgan fingerprint density at radius 3 is 0.667 bits per heavy atom. The molecule has 0 bridgehead atoms. The molecule has 110 valence electrons. The highest BCUT2D eigenvalue weighted by atomic mass is 16.1. The first-order chi connectivity index (χ1) is 7.47. The van der Waals surface area contributed by atoms with Crippen LogP contribution in [0.4, 0.5) is 0 Å². The van der Waals surface area contributed by atoms with Crippen LogP contribution in [0.15, 0.2) is 0 Å². The molecule has 0 aliphatic heterocycles. The molecule has 0 N–H and O–H groups in total. The molecule has 4 nitrogen and oxygen atoms in total. The second kappa shape index (κ2) is 24.8. The van der Waals surface area contributed by atoms with Gasteiger partial charge in [-0.05, 0) is 48.5 Å². The van der Waals surface area contributed by atoms with Gasteiger partial charge in [-0.3, -0.25) is 0 Å². The summed E-state index contributed by atoms with van der Waals surface area (Å²) in [6, 6.07) is 0. The van der Waals surface area contributed by atoms with E-state index >= 15 is 0 Å². The lowest BCUT2D eigenvalue weighted by molar-refractivity contribution is -0.117. The standard InChI is InChI=1S/C4H8O.3C3H6O.CH4/c1-3-4(2)5;3*1-3(2)4;/h3H2,1-2H3;3*1-2H3;1H4. The van der Waals surface area contributed by atoms with Crippen molar-refractivity contribution in [1.82, 2.24) is 0 Å². The molecule has 0 heterocycles. The van der Waals surface area contributed by atoms with E-state index in [1.165, 1.54) is 41.5 Å². The Kier molecular flexibility index (Phi) is 41.4. The fraction of sp³-hybridized carbons (Fsp3) is 0.714. The highest BCUT2D eigenvalue weighted by molar-refractivity contribution is 5.75. The zero-order valence-corrected chi connectivity index (χ0v) is 12.3. The largest absolute Gasteiger partial charge is 0.300 e. The SMILES string of the molecule is C.CC(C)=O.CC(C)=O.CC(C)=O.CCC(C)=O. The molecular weight excluding hydrogens is 232 g/mol. The average Bonchev–Trinajstić information content (AvgIpc) is 2.00. The molecule has 0 aliphatic rings. The lowest BCUT2D eigenvalue weighted by atomic mass is 10.4. The molecule has 0 radical (unpaired) electrons. The van der Waals surface area contributed by atoms with E-state index in [1.54, 1.807) is 6.92 Å². The van der Waals surface area contributed by atoms with Gasteiger partial charge in [0.25, 0.3) is 0 Å². The summed E-state index contributed by atoms with van der Waals surface area (Å²) in [6.45, 7) is 12.6. The molecule has 0 saturated heterocycles. The van der Waals surface area contributed by atoms with E-state index in [4.69, 9.17) is 0 Å². The number of ketones is 4. The van der Waals surface area contributed by atoms with Gasteiger partial charge in [-0.1, -0.05) is 14.4 Å².